The summed E-state index contributed by atoms with van der Waals surface area (Å²) in [5, 5.41) is 7.19. The number of hydrogen-bond acceptors (Lipinski definition) is 4. The summed E-state index contributed by atoms with van der Waals surface area (Å²) in [5.74, 6) is 1.24. The summed E-state index contributed by atoms with van der Waals surface area (Å²) in [6.07, 6.45) is 2.46. The Bertz CT molecular complexity index is 397. The number of anilines is 1. The zero-order chi connectivity index (χ0) is 11.3. The van der Waals surface area contributed by atoms with Crippen LogP contribution in [0, 0.1) is 0 Å². The van der Waals surface area contributed by atoms with Gasteiger partial charge < -0.3 is 5.32 Å². The van der Waals surface area contributed by atoms with Crippen LogP contribution in [-0.4, -0.2) is 36.2 Å². The number of nitrogens with zero attached hydrogens (tertiary/aromatic N) is 2. The second-order valence-electron chi connectivity index (χ2n) is 3.39. The van der Waals surface area contributed by atoms with E-state index >= 15 is 0 Å². The summed E-state index contributed by atoms with van der Waals surface area (Å²) < 4.78 is 24.0. The van der Waals surface area contributed by atoms with Gasteiger partial charge in [0.2, 0.25) is 0 Å². The fourth-order valence-corrected chi connectivity index (χ4v) is 2.04. The SMILES string of the molecule is CCS(=O)(=O)CCCNc1ccn(C)n1. The second kappa shape index (κ2) is 5.16. The van der Waals surface area contributed by atoms with Crippen molar-refractivity contribution in [1.29, 1.82) is 0 Å². The van der Waals surface area contributed by atoms with E-state index in [0.717, 1.165) is 5.82 Å². The van der Waals surface area contributed by atoms with Crippen LogP contribution >= 0.6 is 0 Å². The lowest BCUT2D eigenvalue weighted by molar-refractivity contribution is 0.595. The van der Waals surface area contributed by atoms with E-state index in [1.807, 2.05) is 19.3 Å². The van der Waals surface area contributed by atoms with E-state index in [1.54, 1.807) is 11.6 Å². The lowest BCUT2D eigenvalue weighted by atomic mass is 10.5. The lowest BCUT2D eigenvalue weighted by Gasteiger charge is -2.02. The average Bonchev–Trinajstić information content (AvgIpc) is 2.59. The highest BCUT2D eigenvalue weighted by Gasteiger charge is 2.06. The molecule has 6 heteroatoms. The van der Waals surface area contributed by atoms with Crippen LogP contribution in [0.25, 0.3) is 0 Å². The molecule has 0 spiro atoms. The molecular formula is C9H17N3O2S. The van der Waals surface area contributed by atoms with Crippen molar-refractivity contribution in [2.45, 2.75) is 13.3 Å². The standard InChI is InChI=1S/C9H17N3O2S/c1-3-15(13,14)8-4-6-10-9-5-7-12(2)11-9/h5,7H,3-4,6,8H2,1-2H3,(H,10,11). The molecule has 86 valence electrons. The van der Waals surface area contributed by atoms with Crippen LogP contribution in [0.15, 0.2) is 12.3 Å². The third-order valence-electron chi connectivity index (χ3n) is 2.09. The molecule has 1 heterocycles. The summed E-state index contributed by atoms with van der Waals surface area (Å²) in [6, 6.07) is 1.86. The van der Waals surface area contributed by atoms with Gasteiger partial charge in [0.15, 0.2) is 0 Å². The molecule has 0 bridgehead atoms. The number of aromatic nitrogens is 2. The minimum atomic E-state index is -2.83. The normalized spacial score (nSPS) is 11.6. The Labute approximate surface area is 90.4 Å². The zero-order valence-corrected chi connectivity index (χ0v) is 9.92. The molecule has 0 fully saturated rings. The maximum absolute atomic E-state index is 11.2. The van der Waals surface area contributed by atoms with E-state index in [-0.39, 0.29) is 11.5 Å². The minimum Gasteiger partial charge on any atom is -0.369 e. The third-order valence-corrected chi connectivity index (χ3v) is 3.88. The zero-order valence-electron chi connectivity index (χ0n) is 9.10. The molecular weight excluding hydrogens is 214 g/mol. The molecule has 0 aromatic carbocycles. The van der Waals surface area contributed by atoms with Crippen LogP contribution in [0.4, 0.5) is 5.82 Å². The second-order valence-corrected chi connectivity index (χ2v) is 5.86. The molecule has 0 aliphatic rings. The van der Waals surface area contributed by atoms with Crippen LogP contribution in [0.3, 0.4) is 0 Å². The summed E-state index contributed by atoms with van der Waals surface area (Å²) in [4.78, 5) is 0. The van der Waals surface area contributed by atoms with Crippen molar-refractivity contribution >= 4 is 15.7 Å². The predicted octanol–water partition coefficient (Wildman–Crippen LogP) is 0.657. The van der Waals surface area contributed by atoms with Crippen molar-refractivity contribution in [2.75, 3.05) is 23.4 Å². The summed E-state index contributed by atoms with van der Waals surface area (Å²) in [7, 11) is -0.994. The maximum atomic E-state index is 11.2. The number of aryl methyl sites for hydroxylation is 1. The van der Waals surface area contributed by atoms with Gasteiger partial charge >= 0.3 is 0 Å². The van der Waals surface area contributed by atoms with E-state index in [9.17, 15) is 8.42 Å². The number of sulfone groups is 1. The summed E-state index contributed by atoms with van der Waals surface area (Å²) in [5.41, 5.74) is 0. The van der Waals surface area contributed by atoms with Crippen molar-refractivity contribution in [3.63, 3.8) is 0 Å². The van der Waals surface area contributed by atoms with Crippen molar-refractivity contribution in [3.8, 4) is 0 Å². The van der Waals surface area contributed by atoms with Crippen LogP contribution in [0.1, 0.15) is 13.3 Å². The van der Waals surface area contributed by atoms with Gasteiger partial charge in [-0.05, 0) is 6.42 Å². The first-order chi connectivity index (χ1) is 7.03. The highest BCUT2D eigenvalue weighted by atomic mass is 32.2. The molecule has 0 amide bonds. The summed E-state index contributed by atoms with van der Waals surface area (Å²) >= 11 is 0. The van der Waals surface area contributed by atoms with Crippen LogP contribution in [0.5, 0.6) is 0 Å². The highest BCUT2D eigenvalue weighted by molar-refractivity contribution is 7.91. The fraction of sp³-hybridized carbons (Fsp3) is 0.667. The molecule has 0 aliphatic carbocycles. The molecule has 1 aromatic heterocycles. The lowest BCUT2D eigenvalue weighted by Crippen LogP contribution is -2.13. The number of hydrogen-bond donors (Lipinski definition) is 1. The van der Waals surface area contributed by atoms with Gasteiger partial charge in [-0.15, -0.1) is 0 Å². The molecule has 0 saturated heterocycles. The Morgan fingerprint density at radius 1 is 1.53 bits per heavy atom. The van der Waals surface area contributed by atoms with E-state index in [2.05, 4.69) is 10.4 Å². The topological polar surface area (TPSA) is 64.0 Å². The molecule has 0 aliphatic heterocycles. The largest absolute Gasteiger partial charge is 0.369 e. The third kappa shape index (κ3) is 4.33. The Morgan fingerprint density at radius 3 is 2.80 bits per heavy atom. The van der Waals surface area contributed by atoms with Gasteiger partial charge in [0.05, 0.1) is 5.75 Å². The molecule has 0 unspecified atom stereocenters. The van der Waals surface area contributed by atoms with Gasteiger partial charge in [-0.3, -0.25) is 4.68 Å². The van der Waals surface area contributed by atoms with E-state index < -0.39 is 9.84 Å². The first-order valence-electron chi connectivity index (χ1n) is 4.97. The van der Waals surface area contributed by atoms with Crippen molar-refractivity contribution in [2.24, 2.45) is 7.05 Å². The Morgan fingerprint density at radius 2 is 2.27 bits per heavy atom. The molecule has 0 atom stereocenters. The smallest absolute Gasteiger partial charge is 0.150 e. The quantitative estimate of drug-likeness (QED) is 0.730. The summed E-state index contributed by atoms with van der Waals surface area (Å²) in [6.45, 7) is 2.30. The van der Waals surface area contributed by atoms with Gasteiger partial charge in [0.1, 0.15) is 15.7 Å². The predicted molar refractivity (Wildman–Crippen MR) is 60.6 cm³/mol. The number of nitrogens with one attached hydrogen (secondary N) is 1. The van der Waals surface area contributed by atoms with Gasteiger partial charge in [-0.2, -0.15) is 5.10 Å². The molecule has 0 saturated carbocycles. The molecule has 1 aromatic rings. The van der Waals surface area contributed by atoms with Crippen molar-refractivity contribution < 1.29 is 8.42 Å². The van der Waals surface area contributed by atoms with Gasteiger partial charge in [-0.25, -0.2) is 8.42 Å². The average molecular weight is 231 g/mol. The van der Waals surface area contributed by atoms with Gasteiger partial charge in [0.25, 0.3) is 0 Å². The van der Waals surface area contributed by atoms with E-state index in [0.29, 0.717) is 13.0 Å². The first-order valence-corrected chi connectivity index (χ1v) is 6.79. The molecule has 1 rings (SSSR count). The molecule has 1 N–H and O–H groups in total. The monoisotopic (exact) mass is 231 g/mol. The van der Waals surface area contributed by atoms with Crippen LogP contribution < -0.4 is 5.32 Å². The number of rotatable bonds is 6. The molecule has 0 radical (unpaired) electrons. The Hall–Kier alpha value is -1.04. The van der Waals surface area contributed by atoms with Crippen molar-refractivity contribution in [1.82, 2.24) is 9.78 Å². The highest BCUT2D eigenvalue weighted by Crippen LogP contribution is 2.01. The first kappa shape index (κ1) is 12.0. The maximum Gasteiger partial charge on any atom is 0.150 e. The Kier molecular flexibility index (Phi) is 4.14. The molecule has 5 nitrogen and oxygen atoms in total. The van der Waals surface area contributed by atoms with Gasteiger partial charge in [-0.1, -0.05) is 6.92 Å². The van der Waals surface area contributed by atoms with E-state index in [1.165, 1.54) is 0 Å². The van der Waals surface area contributed by atoms with Gasteiger partial charge in [0, 0.05) is 31.6 Å². The Balaban J connectivity index is 2.23. The molecule has 15 heavy (non-hydrogen) atoms. The fourth-order valence-electron chi connectivity index (χ4n) is 1.16. The van der Waals surface area contributed by atoms with Crippen molar-refractivity contribution in [3.05, 3.63) is 12.3 Å². The van der Waals surface area contributed by atoms with E-state index in [4.69, 9.17) is 0 Å². The minimum absolute atomic E-state index is 0.219. The van der Waals surface area contributed by atoms with Crippen LogP contribution in [-0.2, 0) is 16.9 Å². The van der Waals surface area contributed by atoms with Crippen LogP contribution in [0.2, 0.25) is 0 Å².